The Balaban J connectivity index is 0.000000116. The highest BCUT2D eigenvalue weighted by molar-refractivity contribution is 5.97. The van der Waals surface area contributed by atoms with Crippen molar-refractivity contribution >= 4 is 10.8 Å². The van der Waals surface area contributed by atoms with Crippen LogP contribution in [0.3, 0.4) is 0 Å². The van der Waals surface area contributed by atoms with Crippen molar-refractivity contribution < 1.29 is 0 Å². The van der Waals surface area contributed by atoms with E-state index in [0.717, 1.165) is 157 Å². The molecule has 670 valence electrons. The first-order valence-corrected chi connectivity index (χ1v) is 48.1. The van der Waals surface area contributed by atoms with Crippen molar-refractivity contribution in [3.63, 3.8) is 0 Å². The van der Waals surface area contributed by atoms with Crippen LogP contribution in [-0.4, -0.2) is 49.8 Å². The zero-order valence-corrected chi connectivity index (χ0v) is 77.8. The van der Waals surface area contributed by atoms with E-state index in [1.54, 1.807) is 12.4 Å². The van der Waals surface area contributed by atoms with E-state index >= 15 is 0 Å². The molecule has 1 spiro atoms. The lowest BCUT2D eigenvalue weighted by Crippen LogP contribution is -2.25. The predicted molar refractivity (Wildman–Crippen MR) is 583 cm³/mol. The molecule has 0 unspecified atom stereocenters. The molecule has 0 bridgehead atoms. The quantitative estimate of drug-likeness (QED) is 0.0869. The van der Waals surface area contributed by atoms with Gasteiger partial charge in [0.25, 0.3) is 0 Å². The summed E-state index contributed by atoms with van der Waals surface area (Å²) in [7, 11) is 0. The first-order valence-electron chi connectivity index (χ1n) is 48.1. The van der Waals surface area contributed by atoms with E-state index in [1.807, 2.05) is 134 Å². The van der Waals surface area contributed by atoms with E-state index in [1.165, 1.54) is 66.4 Å². The second-order valence-electron chi connectivity index (χ2n) is 35.7. The minimum absolute atomic E-state index is 0.417. The van der Waals surface area contributed by atoms with Gasteiger partial charge in [-0.05, 0) is 227 Å². The van der Waals surface area contributed by atoms with Gasteiger partial charge in [0.05, 0.1) is 51.0 Å². The number of rotatable bonds is 17. The molecular formula is C133H88N10. The molecule has 0 saturated carbocycles. The molecule has 0 atom stereocenters. The van der Waals surface area contributed by atoms with Crippen LogP contribution < -0.4 is 0 Å². The molecule has 26 rings (SSSR count). The summed E-state index contributed by atoms with van der Waals surface area (Å²) in [6, 6.07) is 178. The minimum atomic E-state index is -0.417. The van der Waals surface area contributed by atoms with Gasteiger partial charge < -0.3 is 0 Å². The molecule has 0 saturated heterocycles. The molecule has 10 heteroatoms. The highest BCUT2D eigenvalue weighted by atomic mass is 15.0. The number of hydrogen-bond acceptors (Lipinski definition) is 10. The lowest BCUT2D eigenvalue weighted by Gasteiger charge is -2.30. The first-order chi connectivity index (χ1) is 70.8. The molecular weight excluding hydrogens is 1740 g/mol. The van der Waals surface area contributed by atoms with Gasteiger partial charge in [0, 0.05) is 97.1 Å². The van der Waals surface area contributed by atoms with Crippen molar-refractivity contribution in [1.29, 1.82) is 0 Å². The summed E-state index contributed by atoms with van der Waals surface area (Å²) in [5.74, 6) is 2.48. The standard InChI is InChI=1S/C51H32N2.C43H29N5.C39H27N3/c1-2-12-33(13-3-1)35-22-25-36(26-23-35)48-32-49(53-50(52-48)39-27-24-34-14-4-5-15-37(34)30-39)38-28-29-43-42-18-8-11-21-46(42)51(47(43)31-38)44-19-9-6-16-40(44)41-17-7-10-20-45(41)51;1-3-13-30(14-4-1)36-27-37(31-15-5-2-6-16-31)29-38(28-36)43-47-41(34-19-11-17-32(25-34)39-21-7-9-23-44-39)46-42(48-43)35-20-12-18-33(26-35)40-22-8-10-24-45-40;1-4-12-28(13-5-1)31-19-20-37(41-27-31)35-23-32(22-34(24-35)36-18-10-11-21-40-36)33-25-38(29-14-6-2-7-15-29)42-39(26-33)30-16-8-3-9-17-30/h1-32H;1-29H;1-27H. The van der Waals surface area contributed by atoms with Crippen molar-refractivity contribution in [2.24, 2.45) is 0 Å². The fourth-order valence-electron chi connectivity index (χ4n) is 19.9. The summed E-state index contributed by atoms with van der Waals surface area (Å²) in [5.41, 5.74) is 40.5. The van der Waals surface area contributed by atoms with Crippen LogP contribution in [0.1, 0.15) is 22.3 Å². The summed E-state index contributed by atoms with van der Waals surface area (Å²) in [4.78, 5) is 49.7. The highest BCUT2D eigenvalue weighted by Crippen LogP contribution is 2.63. The third-order valence-electron chi connectivity index (χ3n) is 26.9. The first kappa shape index (κ1) is 86.7. The maximum atomic E-state index is 5.34. The van der Waals surface area contributed by atoms with Crippen LogP contribution in [0.15, 0.2) is 534 Å². The van der Waals surface area contributed by atoms with E-state index in [2.05, 4.69) is 403 Å². The Kier molecular flexibility index (Phi) is 23.5. The number of pyridine rings is 5. The van der Waals surface area contributed by atoms with Crippen LogP contribution in [0, 0.1) is 0 Å². The molecule has 7 heterocycles. The molecule has 0 fully saturated rings. The van der Waals surface area contributed by atoms with Crippen LogP contribution in [0.25, 0.3) is 224 Å². The Morgan fingerprint density at radius 1 is 0.126 bits per heavy atom. The van der Waals surface area contributed by atoms with Crippen LogP contribution in [0.5, 0.6) is 0 Å². The van der Waals surface area contributed by atoms with E-state index in [4.69, 9.17) is 34.9 Å². The Morgan fingerprint density at radius 3 is 0.902 bits per heavy atom. The summed E-state index contributed by atoms with van der Waals surface area (Å²) >= 11 is 0. The summed E-state index contributed by atoms with van der Waals surface area (Å²) in [5, 5.41) is 2.37. The Hall–Kier alpha value is -19.2. The molecule has 10 nitrogen and oxygen atoms in total. The third-order valence-corrected chi connectivity index (χ3v) is 26.9. The van der Waals surface area contributed by atoms with Crippen molar-refractivity contribution in [3.05, 3.63) is 557 Å². The van der Waals surface area contributed by atoms with Gasteiger partial charge in [-0.15, -0.1) is 0 Å². The van der Waals surface area contributed by atoms with E-state index in [0.29, 0.717) is 23.3 Å². The second kappa shape index (κ2) is 38.8. The fraction of sp³-hybridized carbons (Fsp3) is 0.00752. The van der Waals surface area contributed by atoms with Crippen LogP contribution in [0.2, 0.25) is 0 Å². The average molecular weight is 1830 g/mol. The van der Waals surface area contributed by atoms with E-state index in [9.17, 15) is 0 Å². The molecule has 2 aliphatic carbocycles. The minimum Gasteiger partial charge on any atom is -0.256 e. The van der Waals surface area contributed by atoms with Crippen molar-refractivity contribution in [2.75, 3.05) is 0 Å². The molecule has 24 aromatic rings. The number of hydrogen-bond donors (Lipinski definition) is 0. The average Bonchev–Trinajstić information content (AvgIpc) is 1.51. The summed E-state index contributed by atoms with van der Waals surface area (Å²) < 4.78 is 0. The Labute approximate surface area is 830 Å². The Morgan fingerprint density at radius 2 is 0.420 bits per heavy atom. The van der Waals surface area contributed by atoms with Gasteiger partial charge >= 0.3 is 0 Å². The van der Waals surface area contributed by atoms with Gasteiger partial charge in [-0.2, -0.15) is 0 Å². The summed E-state index contributed by atoms with van der Waals surface area (Å²) in [6.45, 7) is 0. The SMILES string of the molecule is c1ccc(-c2cc(-c3ccccc3)cc(-c3nc(-c4cccc(-c5ccccn5)c4)nc(-c4cccc(-c5ccccn5)c4)n3)c2)cc1.c1ccc(-c2ccc(-c3cc(-c4cc(-c5ccccc5)nc(-c5ccccc5)c4)cc(-c4ccccn4)c3)nc2)cc1.c1ccc(-c2ccc(-c3cc(-c4ccc5c(c4)C4(c6ccccc6-c6ccccc64)c4ccccc4-5)nc(-c4ccc5ccccc5c4)n3)cc2)cc1. The van der Waals surface area contributed by atoms with E-state index < -0.39 is 5.41 Å². The van der Waals surface area contributed by atoms with Crippen LogP contribution in [0.4, 0.5) is 0 Å². The monoisotopic (exact) mass is 1820 g/mol. The Bertz CT molecular complexity index is 8490. The highest BCUT2D eigenvalue weighted by Gasteiger charge is 2.51. The van der Waals surface area contributed by atoms with Crippen molar-refractivity contribution in [2.45, 2.75) is 5.41 Å². The molecule has 143 heavy (non-hydrogen) atoms. The van der Waals surface area contributed by atoms with Crippen LogP contribution >= 0.6 is 0 Å². The lowest BCUT2D eigenvalue weighted by atomic mass is 9.70. The number of benzene rings is 17. The molecule has 0 radical (unpaired) electrons. The molecule has 0 amide bonds. The molecule has 17 aromatic carbocycles. The van der Waals surface area contributed by atoms with Gasteiger partial charge in [0.15, 0.2) is 23.3 Å². The third kappa shape index (κ3) is 17.6. The summed E-state index contributed by atoms with van der Waals surface area (Å²) in [6.07, 6.45) is 7.40. The predicted octanol–water partition coefficient (Wildman–Crippen LogP) is 32.8. The largest absolute Gasteiger partial charge is 0.256 e. The fourth-order valence-corrected chi connectivity index (χ4v) is 19.9. The van der Waals surface area contributed by atoms with Gasteiger partial charge in [-0.25, -0.2) is 29.9 Å². The number of nitrogens with zero attached hydrogens (tertiary/aromatic N) is 10. The molecule has 2 aliphatic rings. The zero-order valence-electron chi connectivity index (χ0n) is 77.8. The molecule has 7 aromatic heterocycles. The maximum Gasteiger partial charge on any atom is 0.164 e. The van der Waals surface area contributed by atoms with Crippen LogP contribution in [-0.2, 0) is 5.41 Å². The van der Waals surface area contributed by atoms with Gasteiger partial charge in [0.1, 0.15) is 0 Å². The van der Waals surface area contributed by atoms with Crippen molar-refractivity contribution in [1.82, 2.24) is 49.8 Å². The topological polar surface area (TPSA) is 129 Å². The normalized spacial score (nSPS) is 11.7. The lowest BCUT2D eigenvalue weighted by molar-refractivity contribution is 0.794. The van der Waals surface area contributed by atoms with Gasteiger partial charge in [-0.3, -0.25) is 19.9 Å². The number of aromatic nitrogens is 10. The maximum absolute atomic E-state index is 5.34. The van der Waals surface area contributed by atoms with Gasteiger partial charge in [0.2, 0.25) is 0 Å². The van der Waals surface area contributed by atoms with Crippen molar-refractivity contribution in [3.8, 4) is 213 Å². The molecule has 0 aliphatic heterocycles. The number of fused-ring (bicyclic) bond motifs is 11. The zero-order chi connectivity index (χ0) is 95.2. The smallest absolute Gasteiger partial charge is 0.164 e. The van der Waals surface area contributed by atoms with Gasteiger partial charge in [-0.1, -0.05) is 388 Å². The molecule has 0 N–H and O–H groups in total. The van der Waals surface area contributed by atoms with E-state index in [-0.39, 0.29) is 0 Å². The second-order valence-corrected chi connectivity index (χ2v) is 35.7.